The van der Waals surface area contributed by atoms with E-state index < -0.39 is 0 Å². The van der Waals surface area contributed by atoms with E-state index in [9.17, 15) is 4.79 Å². The van der Waals surface area contributed by atoms with Crippen LogP contribution in [0.2, 0.25) is 0 Å². The Bertz CT molecular complexity index is 319. The van der Waals surface area contributed by atoms with Crippen molar-refractivity contribution < 1.29 is 4.79 Å². The van der Waals surface area contributed by atoms with Gasteiger partial charge in [0.15, 0.2) is 0 Å². The second-order valence-electron chi connectivity index (χ2n) is 4.39. The summed E-state index contributed by atoms with van der Waals surface area (Å²) in [6, 6.07) is 0.115. The third kappa shape index (κ3) is 1.07. The lowest BCUT2D eigenvalue weighted by molar-refractivity contribution is -0.126. The summed E-state index contributed by atoms with van der Waals surface area (Å²) in [4.78, 5) is 13.4. The number of nitrogens with two attached hydrogens (primary N) is 1. The lowest BCUT2D eigenvalue weighted by atomic mass is 10.0. The molecule has 1 amide bonds. The van der Waals surface area contributed by atoms with Crippen LogP contribution in [-0.2, 0) is 4.79 Å². The molecule has 1 saturated carbocycles. The molecule has 2 aliphatic heterocycles. The van der Waals surface area contributed by atoms with Gasteiger partial charge in [0.1, 0.15) is 5.82 Å². The highest BCUT2D eigenvalue weighted by Crippen LogP contribution is 2.38. The molecule has 0 aromatic rings. The van der Waals surface area contributed by atoms with Crippen LogP contribution in [0.25, 0.3) is 0 Å². The van der Waals surface area contributed by atoms with Crippen LogP contribution in [0, 0.1) is 5.92 Å². The van der Waals surface area contributed by atoms with Crippen LogP contribution in [0.4, 0.5) is 0 Å². The largest absolute Gasteiger partial charge is 0.370 e. The van der Waals surface area contributed by atoms with E-state index in [4.69, 9.17) is 5.73 Å². The van der Waals surface area contributed by atoms with Gasteiger partial charge in [-0.3, -0.25) is 9.69 Å². The minimum Gasteiger partial charge on any atom is -0.370 e. The third-order valence-electron chi connectivity index (χ3n) is 3.38. The van der Waals surface area contributed by atoms with Crippen molar-refractivity contribution in [3.05, 3.63) is 11.4 Å². The predicted octanol–water partition coefficient (Wildman–Crippen LogP) is -0.229. The average Bonchev–Trinajstić information content (AvgIpc) is 2.82. The highest BCUT2D eigenvalue weighted by Gasteiger charge is 2.40. The molecule has 14 heavy (non-hydrogen) atoms. The van der Waals surface area contributed by atoms with Gasteiger partial charge in [-0.25, -0.2) is 0 Å². The van der Waals surface area contributed by atoms with Gasteiger partial charge in [-0.05, 0) is 24.3 Å². The molecular weight excluding hydrogens is 178 g/mol. The van der Waals surface area contributed by atoms with Crippen LogP contribution in [0.1, 0.15) is 19.3 Å². The van der Waals surface area contributed by atoms with Crippen LogP contribution < -0.4 is 11.1 Å². The van der Waals surface area contributed by atoms with Gasteiger partial charge in [-0.2, -0.15) is 0 Å². The van der Waals surface area contributed by atoms with E-state index in [0.29, 0.717) is 12.3 Å². The van der Waals surface area contributed by atoms with Gasteiger partial charge >= 0.3 is 0 Å². The molecule has 2 fully saturated rings. The van der Waals surface area contributed by atoms with Crippen molar-refractivity contribution >= 4 is 5.91 Å². The van der Waals surface area contributed by atoms with E-state index in [0.717, 1.165) is 24.5 Å². The first-order valence-electron chi connectivity index (χ1n) is 5.30. The second kappa shape index (κ2) is 2.73. The molecule has 3 N–H and O–H groups in total. The molecular formula is C10H15N3O. The van der Waals surface area contributed by atoms with E-state index in [1.807, 2.05) is 4.90 Å². The second-order valence-corrected chi connectivity index (χ2v) is 4.39. The van der Waals surface area contributed by atoms with Gasteiger partial charge in [-0.15, -0.1) is 0 Å². The van der Waals surface area contributed by atoms with E-state index in [-0.39, 0.29) is 11.9 Å². The van der Waals surface area contributed by atoms with E-state index >= 15 is 0 Å². The highest BCUT2D eigenvalue weighted by molar-refractivity contribution is 5.85. The molecule has 3 aliphatic rings. The number of hydrogen-bond acceptors (Lipinski definition) is 3. The SMILES string of the molecule is NC(C1=C2NCCN2C(=O)C1)C1CC1. The lowest BCUT2D eigenvalue weighted by Gasteiger charge is -2.13. The van der Waals surface area contributed by atoms with Crippen LogP contribution in [0.5, 0.6) is 0 Å². The zero-order valence-corrected chi connectivity index (χ0v) is 8.12. The molecule has 0 spiro atoms. The van der Waals surface area contributed by atoms with Gasteiger partial charge in [0.05, 0.1) is 6.42 Å². The summed E-state index contributed by atoms with van der Waals surface area (Å²) in [5, 5.41) is 3.27. The van der Waals surface area contributed by atoms with Gasteiger partial charge in [-0.1, -0.05) is 0 Å². The first kappa shape index (κ1) is 8.29. The Morgan fingerprint density at radius 3 is 3.00 bits per heavy atom. The molecule has 0 aromatic carbocycles. The Morgan fingerprint density at radius 1 is 1.50 bits per heavy atom. The predicted molar refractivity (Wildman–Crippen MR) is 52.1 cm³/mol. The van der Waals surface area contributed by atoms with Crippen molar-refractivity contribution in [2.24, 2.45) is 11.7 Å². The summed E-state index contributed by atoms with van der Waals surface area (Å²) < 4.78 is 0. The van der Waals surface area contributed by atoms with E-state index in [1.165, 1.54) is 12.8 Å². The molecule has 0 radical (unpaired) electrons. The number of carbonyl (C=O) groups is 1. The van der Waals surface area contributed by atoms with Crippen LogP contribution in [0.15, 0.2) is 11.4 Å². The zero-order chi connectivity index (χ0) is 9.71. The summed E-state index contributed by atoms with van der Waals surface area (Å²) >= 11 is 0. The summed E-state index contributed by atoms with van der Waals surface area (Å²) in [6.45, 7) is 1.69. The van der Waals surface area contributed by atoms with Crippen molar-refractivity contribution in [2.75, 3.05) is 13.1 Å². The Kier molecular flexibility index (Phi) is 1.62. The third-order valence-corrected chi connectivity index (χ3v) is 3.38. The van der Waals surface area contributed by atoms with Crippen LogP contribution >= 0.6 is 0 Å². The average molecular weight is 193 g/mol. The normalized spacial score (nSPS) is 28.1. The minimum absolute atomic E-state index is 0.115. The highest BCUT2D eigenvalue weighted by atomic mass is 16.2. The van der Waals surface area contributed by atoms with Gasteiger partial charge in [0, 0.05) is 19.1 Å². The lowest BCUT2D eigenvalue weighted by Crippen LogP contribution is -2.27. The quantitative estimate of drug-likeness (QED) is 0.637. The van der Waals surface area contributed by atoms with Gasteiger partial charge in [0.25, 0.3) is 0 Å². The van der Waals surface area contributed by atoms with E-state index in [1.54, 1.807) is 0 Å². The Balaban J connectivity index is 1.90. The Hall–Kier alpha value is -1.03. The summed E-state index contributed by atoms with van der Waals surface area (Å²) in [7, 11) is 0. The summed E-state index contributed by atoms with van der Waals surface area (Å²) in [5.41, 5.74) is 7.27. The number of rotatable bonds is 2. The molecule has 76 valence electrons. The fraction of sp³-hybridized carbons (Fsp3) is 0.700. The molecule has 1 atom stereocenters. The maximum atomic E-state index is 11.6. The van der Waals surface area contributed by atoms with Crippen molar-refractivity contribution in [1.82, 2.24) is 10.2 Å². The number of nitrogens with zero attached hydrogens (tertiary/aromatic N) is 1. The standard InChI is InChI=1S/C10H15N3O/c11-9(6-1-2-6)7-5-8(14)13-4-3-12-10(7)13/h6,9,12H,1-5,11H2. The maximum absolute atomic E-state index is 11.6. The first-order chi connectivity index (χ1) is 6.77. The fourth-order valence-corrected chi connectivity index (χ4v) is 2.39. The number of amides is 1. The molecule has 4 heteroatoms. The van der Waals surface area contributed by atoms with Crippen molar-refractivity contribution in [3.8, 4) is 0 Å². The molecule has 0 bridgehead atoms. The van der Waals surface area contributed by atoms with Gasteiger partial charge < -0.3 is 11.1 Å². The molecule has 1 saturated heterocycles. The molecule has 3 rings (SSSR count). The van der Waals surface area contributed by atoms with Gasteiger partial charge in [0.2, 0.25) is 5.91 Å². The smallest absolute Gasteiger partial charge is 0.232 e. The fourth-order valence-electron chi connectivity index (χ4n) is 2.39. The number of carbonyl (C=O) groups excluding carboxylic acids is 1. The molecule has 4 nitrogen and oxygen atoms in total. The van der Waals surface area contributed by atoms with E-state index in [2.05, 4.69) is 5.32 Å². The molecule has 0 aromatic heterocycles. The van der Waals surface area contributed by atoms with Crippen molar-refractivity contribution in [1.29, 1.82) is 0 Å². The van der Waals surface area contributed by atoms with Crippen LogP contribution in [-0.4, -0.2) is 29.9 Å². The van der Waals surface area contributed by atoms with Crippen molar-refractivity contribution in [3.63, 3.8) is 0 Å². The number of hydrogen-bond donors (Lipinski definition) is 2. The minimum atomic E-state index is 0.115. The molecule has 2 heterocycles. The maximum Gasteiger partial charge on any atom is 0.232 e. The monoisotopic (exact) mass is 193 g/mol. The number of fused-ring (bicyclic) bond motifs is 1. The molecule has 1 unspecified atom stereocenters. The topological polar surface area (TPSA) is 58.4 Å². The summed E-state index contributed by atoms with van der Waals surface area (Å²) in [6.07, 6.45) is 3.00. The Labute approximate surface area is 83.1 Å². The molecule has 1 aliphatic carbocycles. The van der Waals surface area contributed by atoms with Crippen LogP contribution in [0.3, 0.4) is 0 Å². The number of nitrogens with one attached hydrogen (secondary N) is 1. The zero-order valence-electron chi connectivity index (χ0n) is 8.12. The summed E-state index contributed by atoms with van der Waals surface area (Å²) in [5.74, 6) is 1.87. The Morgan fingerprint density at radius 2 is 2.29 bits per heavy atom. The first-order valence-corrected chi connectivity index (χ1v) is 5.30. The van der Waals surface area contributed by atoms with Crippen molar-refractivity contribution in [2.45, 2.75) is 25.3 Å².